The van der Waals surface area contributed by atoms with E-state index in [4.69, 9.17) is 0 Å². The summed E-state index contributed by atoms with van der Waals surface area (Å²) in [6, 6.07) is 15.2. The molecule has 1 aromatic heterocycles. The molecule has 0 atom stereocenters. The molecule has 0 radical (unpaired) electrons. The number of nitrogens with one attached hydrogen (secondary N) is 1. The van der Waals surface area contributed by atoms with E-state index in [9.17, 15) is 5.11 Å². The second-order valence-corrected chi connectivity index (χ2v) is 3.67. The lowest BCUT2D eigenvalue weighted by Crippen LogP contribution is -1.77. The number of benzene rings is 2. The SMILES string of the molecule is Oc1ccc2c(-c3ccccc3)n[nH]c2c1. The molecule has 3 heteroatoms. The Hall–Kier alpha value is -2.29. The highest BCUT2D eigenvalue weighted by atomic mass is 16.3. The Labute approximate surface area is 92.4 Å². The molecule has 0 fully saturated rings. The fraction of sp³-hybridized carbons (Fsp3) is 0. The van der Waals surface area contributed by atoms with E-state index in [1.54, 1.807) is 12.1 Å². The minimum absolute atomic E-state index is 0.246. The number of hydrogen-bond donors (Lipinski definition) is 2. The van der Waals surface area contributed by atoms with Crippen LogP contribution in [0.4, 0.5) is 0 Å². The zero-order chi connectivity index (χ0) is 11.0. The van der Waals surface area contributed by atoms with Crippen LogP contribution in [-0.4, -0.2) is 15.3 Å². The molecule has 0 amide bonds. The minimum Gasteiger partial charge on any atom is -0.508 e. The van der Waals surface area contributed by atoms with Crippen LogP contribution in [0, 0.1) is 0 Å². The van der Waals surface area contributed by atoms with E-state index in [1.807, 2.05) is 36.4 Å². The van der Waals surface area contributed by atoms with Gasteiger partial charge in [-0.15, -0.1) is 0 Å². The van der Waals surface area contributed by atoms with Gasteiger partial charge in [0.05, 0.1) is 11.2 Å². The third-order valence-corrected chi connectivity index (χ3v) is 2.59. The second kappa shape index (κ2) is 3.38. The number of H-pyrrole nitrogens is 1. The standard InChI is InChI=1S/C13H10N2O/c16-10-6-7-11-12(8-10)14-15-13(11)9-4-2-1-3-5-9/h1-8,16H,(H,14,15). The molecular formula is C13H10N2O. The molecule has 3 nitrogen and oxygen atoms in total. The molecule has 1 heterocycles. The number of aromatic hydroxyl groups is 1. The fourth-order valence-electron chi connectivity index (χ4n) is 1.82. The van der Waals surface area contributed by atoms with E-state index in [1.165, 1.54) is 0 Å². The summed E-state index contributed by atoms with van der Waals surface area (Å²) in [5.41, 5.74) is 2.83. The van der Waals surface area contributed by atoms with E-state index in [2.05, 4.69) is 10.2 Å². The molecule has 0 spiro atoms. The van der Waals surface area contributed by atoms with E-state index < -0.39 is 0 Å². The van der Waals surface area contributed by atoms with Crippen molar-refractivity contribution in [2.24, 2.45) is 0 Å². The first-order chi connectivity index (χ1) is 7.84. The third-order valence-electron chi connectivity index (χ3n) is 2.59. The lowest BCUT2D eigenvalue weighted by atomic mass is 10.1. The van der Waals surface area contributed by atoms with E-state index in [-0.39, 0.29) is 5.75 Å². The predicted molar refractivity (Wildman–Crippen MR) is 63.2 cm³/mol. The van der Waals surface area contributed by atoms with Gasteiger partial charge in [-0.05, 0) is 12.1 Å². The number of rotatable bonds is 1. The Kier molecular flexibility index (Phi) is 1.90. The molecule has 0 aliphatic heterocycles. The van der Waals surface area contributed by atoms with Crippen LogP contribution >= 0.6 is 0 Å². The van der Waals surface area contributed by atoms with Gasteiger partial charge in [0.25, 0.3) is 0 Å². The maximum atomic E-state index is 9.36. The van der Waals surface area contributed by atoms with Gasteiger partial charge in [-0.25, -0.2) is 0 Å². The molecule has 0 saturated carbocycles. The van der Waals surface area contributed by atoms with E-state index >= 15 is 0 Å². The highest BCUT2D eigenvalue weighted by Crippen LogP contribution is 2.27. The monoisotopic (exact) mass is 210 g/mol. The summed E-state index contributed by atoms with van der Waals surface area (Å²) in [5, 5.41) is 17.6. The number of phenols is 1. The summed E-state index contributed by atoms with van der Waals surface area (Å²) in [6.45, 7) is 0. The summed E-state index contributed by atoms with van der Waals surface area (Å²) < 4.78 is 0. The highest BCUT2D eigenvalue weighted by Gasteiger charge is 2.07. The average Bonchev–Trinajstić information content (AvgIpc) is 2.73. The summed E-state index contributed by atoms with van der Waals surface area (Å²) in [5.74, 6) is 0.246. The smallest absolute Gasteiger partial charge is 0.117 e. The molecule has 3 rings (SSSR count). The van der Waals surface area contributed by atoms with Crippen molar-refractivity contribution in [3.63, 3.8) is 0 Å². The first-order valence-corrected chi connectivity index (χ1v) is 5.07. The molecule has 2 aromatic carbocycles. The van der Waals surface area contributed by atoms with Gasteiger partial charge >= 0.3 is 0 Å². The van der Waals surface area contributed by atoms with Gasteiger partial charge in [0, 0.05) is 17.0 Å². The average molecular weight is 210 g/mol. The van der Waals surface area contributed by atoms with Gasteiger partial charge in [0.1, 0.15) is 5.75 Å². The van der Waals surface area contributed by atoms with Crippen molar-refractivity contribution in [3.8, 4) is 17.0 Å². The molecule has 16 heavy (non-hydrogen) atoms. The lowest BCUT2D eigenvalue weighted by molar-refractivity contribution is 0.476. The fourth-order valence-corrected chi connectivity index (χ4v) is 1.82. The molecule has 0 aliphatic carbocycles. The Morgan fingerprint density at radius 1 is 1.00 bits per heavy atom. The number of nitrogens with zero attached hydrogens (tertiary/aromatic N) is 1. The Balaban J connectivity index is 2.26. The number of phenolic OH excluding ortho intramolecular Hbond substituents is 1. The van der Waals surface area contributed by atoms with Crippen molar-refractivity contribution in [2.75, 3.05) is 0 Å². The Morgan fingerprint density at radius 2 is 1.81 bits per heavy atom. The van der Waals surface area contributed by atoms with Crippen LogP contribution in [0.3, 0.4) is 0 Å². The van der Waals surface area contributed by atoms with Gasteiger partial charge in [-0.3, -0.25) is 5.10 Å². The number of aromatic nitrogens is 2. The molecule has 2 N–H and O–H groups in total. The lowest BCUT2D eigenvalue weighted by Gasteiger charge is -1.97. The summed E-state index contributed by atoms with van der Waals surface area (Å²) in [4.78, 5) is 0. The topological polar surface area (TPSA) is 48.9 Å². The van der Waals surface area contributed by atoms with E-state index in [0.717, 1.165) is 22.2 Å². The van der Waals surface area contributed by atoms with Gasteiger partial charge in [0.2, 0.25) is 0 Å². The first kappa shape index (κ1) is 8.97. The molecular weight excluding hydrogens is 200 g/mol. The predicted octanol–water partition coefficient (Wildman–Crippen LogP) is 2.94. The molecule has 0 unspecified atom stereocenters. The second-order valence-electron chi connectivity index (χ2n) is 3.67. The van der Waals surface area contributed by atoms with Gasteiger partial charge in [0.15, 0.2) is 0 Å². The van der Waals surface area contributed by atoms with Crippen molar-refractivity contribution in [1.82, 2.24) is 10.2 Å². The van der Waals surface area contributed by atoms with Crippen LogP contribution in [0.1, 0.15) is 0 Å². The third kappa shape index (κ3) is 1.34. The first-order valence-electron chi connectivity index (χ1n) is 5.07. The van der Waals surface area contributed by atoms with Crippen molar-refractivity contribution < 1.29 is 5.11 Å². The van der Waals surface area contributed by atoms with Crippen LogP contribution in [0.2, 0.25) is 0 Å². The molecule has 0 bridgehead atoms. The molecule has 78 valence electrons. The zero-order valence-electron chi connectivity index (χ0n) is 8.51. The maximum absolute atomic E-state index is 9.36. The van der Waals surface area contributed by atoms with Crippen molar-refractivity contribution in [2.45, 2.75) is 0 Å². The summed E-state index contributed by atoms with van der Waals surface area (Å²) in [6.07, 6.45) is 0. The maximum Gasteiger partial charge on any atom is 0.117 e. The van der Waals surface area contributed by atoms with Crippen molar-refractivity contribution in [3.05, 3.63) is 48.5 Å². The number of fused-ring (bicyclic) bond motifs is 1. The van der Waals surface area contributed by atoms with Gasteiger partial charge in [-0.1, -0.05) is 30.3 Å². The Morgan fingerprint density at radius 3 is 2.62 bits per heavy atom. The largest absolute Gasteiger partial charge is 0.508 e. The molecule has 0 aliphatic rings. The van der Waals surface area contributed by atoms with Crippen molar-refractivity contribution in [1.29, 1.82) is 0 Å². The van der Waals surface area contributed by atoms with Crippen LogP contribution < -0.4 is 0 Å². The molecule has 0 saturated heterocycles. The Bertz CT molecular complexity index is 629. The quantitative estimate of drug-likeness (QED) is 0.648. The number of aromatic amines is 1. The molecule has 3 aromatic rings. The zero-order valence-corrected chi connectivity index (χ0v) is 8.51. The van der Waals surface area contributed by atoms with Gasteiger partial charge in [-0.2, -0.15) is 5.10 Å². The van der Waals surface area contributed by atoms with Crippen LogP contribution in [0.25, 0.3) is 22.2 Å². The van der Waals surface area contributed by atoms with E-state index in [0.29, 0.717) is 0 Å². The van der Waals surface area contributed by atoms with Crippen LogP contribution in [-0.2, 0) is 0 Å². The highest BCUT2D eigenvalue weighted by molar-refractivity contribution is 5.93. The number of hydrogen-bond acceptors (Lipinski definition) is 2. The summed E-state index contributed by atoms with van der Waals surface area (Å²) >= 11 is 0. The normalized spacial score (nSPS) is 10.8. The van der Waals surface area contributed by atoms with Crippen LogP contribution in [0.15, 0.2) is 48.5 Å². The minimum atomic E-state index is 0.246. The summed E-state index contributed by atoms with van der Waals surface area (Å²) in [7, 11) is 0. The van der Waals surface area contributed by atoms with Crippen molar-refractivity contribution >= 4 is 10.9 Å². The van der Waals surface area contributed by atoms with Gasteiger partial charge < -0.3 is 5.11 Å². The van der Waals surface area contributed by atoms with Crippen LogP contribution in [0.5, 0.6) is 5.75 Å².